The van der Waals surface area contributed by atoms with E-state index in [0.717, 1.165) is 5.56 Å². The summed E-state index contributed by atoms with van der Waals surface area (Å²) in [6.07, 6.45) is -1.82. The summed E-state index contributed by atoms with van der Waals surface area (Å²) in [5.74, 6) is -0.455. The number of carbonyl (C=O) groups is 1. The SMILES string of the molecule is Cc1ccc(C(=O)N2CC(O)C(O)C2)c(O)c1. The quantitative estimate of drug-likeness (QED) is 0.636. The number of β-amino-alcohol motifs (C(OH)–C–C–N with tert-alkyl or cyclic N) is 2. The molecular weight excluding hydrogens is 222 g/mol. The van der Waals surface area contributed by atoms with Gasteiger partial charge in [-0.15, -0.1) is 0 Å². The minimum Gasteiger partial charge on any atom is -0.507 e. The molecule has 5 nitrogen and oxygen atoms in total. The van der Waals surface area contributed by atoms with E-state index in [2.05, 4.69) is 0 Å². The van der Waals surface area contributed by atoms with Crippen LogP contribution in [0.25, 0.3) is 0 Å². The van der Waals surface area contributed by atoms with E-state index in [1.165, 1.54) is 11.0 Å². The van der Waals surface area contributed by atoms with Gasteiger partial charge in [0.15, 0.2) is 0 Å². The molecule has 5 heteroatoms. The number of benzene rings is 1. The molecule has 92 valence electrons. The lowest BCUT2D eigenvalue weighted by atomic mass is 10.1. The molecule has 0 radical (unpaired) electrons. The highest BCUT2D eigenvalue weighted by Crippen LogP contribution is 2.22. The summed E-state index contributed by atoms with van der Waals surface area (Å²) in [5.41, 5.74) is 1.05. The van der Waals surface area contributed by atoms with E-state index in [9.17, 15) is 20.1 Å². The van der Waals surface area contributed by atoms with Gasteiger partial charge < -0.3 is 20.2 Å². The van der Waals surface area contributed by atoms with Crippen LogP contribution in [0.15, 0.2) is 18.2 Å². The van der Waals surface area contributed by atoms with E-state index >= 15 is 0 Å². The molecular formula is C12H15NO4. The van der Waals surface area contributed by atoms with Gasteiger partial charge in [0.1, 0.15) is 5.75 Å². The third-order valence-corrected chi connectivity index (χ3v) is 2.93. The number of amides is 1. The van der Waals surface area contributed by atoms with Crippen LogP contribution in [0.4, 0.5) is 0 Å². The van der Waals surface area contributed by atoms with Crippen LogP contribution in [0.1, 0.15) is 15.9 Å². The molecule has 0 aliphatic carbocycles. The summed E-state index contributed by atoms with van der Waals surface area (Å²) in [6, 6.07) is 4.79. The van der Waals surface area contributed by atoms with Gasteiger partial charge in [-0.05, 0) is 24.6 Å². The third-order valence-electron chi connectivity index (χ3n) is 2.93. The van der Waals surface area contributed by atoms with Crippen molar-refractivity contribution in [2.24, 2.45) is 0 Å². The number of hydrogen-bond acceptors (Lipinski definition) is 4. The number of phenolic OH excluding ortho intramolecular Hbond substituents is 1. The maximum Gasteiger partial charge on any atom is 0.257 e. The average Bonchev–Trinajstić information content (AvgIpc) is 2.58. The Kier molecular flexibility index (Phi) is 3.04. The van der Waals surface area contributed by atoms with Crippen molar-refractivity contribution in [3.8, 4) is 5.75 Å². The molecule has 17 heavy (non-hydrogen) atoms. The van der Waals surface area contributed by atoms with E-state index in [4.69, 9.17) is 0 Å². The first-order chi connectivity index (χ1) is 7.99. The molecule has 0 aromatic heterocycles. The number of phenols is 1. The van der Waals surface area contributed by atoms with Crippen LogP contribution in [0.3, 0.4) is 0 Å². The molecule has 1 aliphatic rings. The molecule has 2 atom stereocenters. The number of aliphatic hydroxyl groups is 2. The number of carbonyl (C=O) groups excluding carboxylic acids is 1. The van der Waals surface area contributed by atoms with Gasteiger partial charge in [-0.1, -0.05) is 6.07 Å². The molecule has 0 saturated carbocycles. The fourth-order valence-electron chi connectivity index (χ4n) is 1.93. The Morgan fingerprint density at radius 1 is 1.29 bits per heavy atom. The Morgan fingerprint density at radius 2 is 1.88 bits per heavy atom. The summed E-state index contributed by atoms with van der Waals surface area (Å²) in [6.45, 7) is 2.00. The highest BCUT2D eigenvalue weighted by Gasteiger charge is 2.33. The summed E-state index contributed by atoms with van der Waals surface area (Å²) < 4.78 is 0. The Hall–Kier alpha value is -1.59. The van der Waals surface area contributed by atoms with E-state index in [-0.39, 0.29) is 30.3 Å². The van der Waals surface area contributed by atoms with Crippen molar-refractivity contribution in [2.75, 3.05) is 13.1 Å². The van der Waals surface area contributed by atoms with Gasteiger partial charge in [0, 0.05) is 13.1 Å². The largest absolute Gasteiger partial charge is 0.507 e. The fourth-order valence-corrected chi connectivity index (χ4v) is 1.93. The van der Waals surface area contributed by atoms with E-state index < -0.39 is 12.2 Å². The van der Waals surface area contributed by atoms with Gasteiger partial charge in [-0.3, -0.25) is 4.79 Å². The molecule has 1 saturated heterocycles. The number of hydrogen-bond donors (Lipinski definition) is 3. The van der Waals surface area contributed by atoms with Crippen molar-refractivity contribution in [3.05, 3.63) is 29.3 Å². The van der Waals surface area contributed by atoms with Crippen LogP contribution >= 0.6 is 0 Å². The van der Waals surface area contributed by atoms with Crippen molar-refractivity contribution in [1.29, 1.82) is 0 Å². The molecule has 1 heterocycles. The molecule has 1 aromatic carbocycles. The molecule has 2 rings (SSSR count). The Balaban J connectivity index is 2.20. The Labute approximate surface area is 98.9 Å². The monoisotopic (exact) mass is 237 g/mol. The molecule has 2 unspecified atom stereocenters. The molecule has 1 amide bonds. The van der Waals surface area contributed by atoms with Crippen LogP contribution in [-0.4, -0.2) is 51.4 Å². The first-order valence-corrected chi connectivity index (χ1v) is 5.44. The standard InChI is InChI=1S/C12H15NO4/c1-7-2-3-8(9(14)4-7)12(17)13-5-10(15)11(16)6-13/h2-4,10-11,14-16H,5-6H2,1H3. The maximum absolute atomic E-state index is 12.0. The number of aliphatic hydroxyl groups excluding tert-OH is 2. The lowest BCUT2D eigenvalue weighted by molar-refractivity contribution is 0.0572. The lowest BCUT2D eigenvalue weighted by Gasteiger charge is -2.16. The molecule has 0 bridgehead atoms. The summed E-state index contributed by atoms with van der Waals surface area (Å²) >= 11 is 0. The van der Waals surface area contributed by atoms with E-state index in [0.29, 0.717) is 0 Å². The first-order valence-electron chi connectivity index (χ1n) is 5.44. The average molecular weight is 237 g/mol. The number of likely N-dealkylation sites (tertiary alicyclic amines) is 1. The molecule has 0 spiro atoms. The minimum atomic E-state index is -0.911. The predicted octanol–water partition coefficient (Wildman–Crippen LogP) is -0.122. The second-order valence-corrected chi connectivity index (χ2v) is 4.37. The van der Waals surface area contributed by atoms with Crippen molar-refractivity contribution >= 4 is 5.91 Å². The van der Waals surface area contributed by atoms with E-state index in [1.54, 1.807) is 12.1 Å². The molecule has 1 aliphatic heterocycles. The maximum atomic E-state index is 12.0. The fraction of sp³-hybridized carbons (Fsp3) is 0.417. The van der Waals surface area contributed by atoms with Crippen LogP contribution in [0, 0.1) is 6.92 Å². The highest BCUT2D eigenvalue weighted by atomic mass is 16.3. The van der Waals surface area contributed by atoms with Gasteiger partial charge in [-0.2, -0.15) is 0 Å². The second-order valence-electron chi connectivity index (χ2n) is 4.37. The van der Waals surface area contributed by atoms with Gasteiger partial charge in [0.05, 0.1) is 17.8 Å². The first kappa shape index (κ1) is 11.9. The number of aryl methyl sites for hydroxylation is 1. The minimum absolute atomic E-state index is 0.0779. The molecule has 1 fully saturated rings. The van der Waals surface area contributed by atoms with Gasteiger partial charge in [-0.25, -0.2) is 0 Å². The van der Waals surface area contributed by atoms with E-state index in [1.807, 2.05) is 6.92 Å². The predicted molar refractivity (Wildman–Crippen MR) is 60.8 cm³/mol. The van der Waals surface area contributed by atoms with Crippen LogP contribution in [-0.2, 0) is 0 Å². The highest BCUT2D eigenvalue weighted by molar-refractivity contribution is 5.97. The number of rotatable bonds is 1. The second kappa shape index (κ2) is 4.35. The topological polar surface area (TPSA) is 81.0 Å². The lowest BCUT2D eigenvalue weighted by Crippen LogP contribution is -2.29. The summed E-state index contributed by atoms with van der Waals surface area (Å²) in [7, 11) is 0. The van der Waals surface area contributed by atoms with Crippen LogP contribution in [0.5, 0.6) is 5.75 Å². The smallest absolute Gasteiger partial charge is 0.257 e. The van der Waals surface area contributed by atoms with Gasteiger partial charge in [0.2, 0.25) is 0 Å². The Bertz CT molecular complexity index is 436. The van der Waals surface area contributed by atoms with Crippen LogP contribution in [0.2, 0.25) is 0 Å². The van der Waals surface area contributed by atoms with Gasteiger partial charge in [0.25, 0.3) is 5.91 Å². The van der Waals surface area contributed by atoms with Crippen LogP contribution < -0.4 is 0 Å². The van der Waals surface area contributed by atoms with Crippen molar-refractivity contribution in [3.63, 3.8) is 0 Å². The zero-order valence-electron chi connectivity index (χ0n) is 9.50. The number of nitrogens with zero attached hydrogens (tertiary/aromatic N) is 1. The summed E-state index contributed by atoms with van der Waals surface area (Å²) in [4.78, 5) is 13.3. The van der Waals surface area contributed by atoms with Crippen molar-refractivity contribution < 1.29 is 20.1 Å². The zero-order valence-corrected chi connectivity index (χ0v) is 9.50. The molecule has 3 N–H and O–H groups in total. The number of aromatic hydroxyl groups is 1. The van der Waals surface area contributed by atoms with Crippen molar-refractivity contribution in [1.82, 2.24) is 4.90 Å². The van der Waals surface area contributed by atoms with Crippen molar-refractivity contribution in [2.45, 2.75) is 19.1 Å². The van der Waals surface area contributed by atoms with Gasteiger partial charge >= 0.3 is 0 Å². The molecule has 1 aromatic rings. The zero-order chi connectivity index (χ0) is 12.6. The normalized spacial score (nSPS) is 24.1. The Morgan fingerprint density at radius 3 is 2.41 bits per heavy atom. The summed E-state index contributed by atoms with van der Waals surface area (Å²) in [5, 5.41) is 28.4. The third kappa shape index (κ3) is 2.25.